The van der Waals surface area contributed by atoms with Gasteiger partial charge in [0.05, 0.1) is 26.7 Å². The predicted octanol–water partition coefficient (Wildman–Crippen LogP) is 1.44. The number of ether oxygens (including phenoxy) is 2. The Morgan fingerprint density at radius 3 is 2.50 bits per heavy atom. The van der Waals surface area contributed by atoms with Crippen molar-refractivity contribution in [3.63, 3.8) is 0 Å². The van der Waals surface area contributed by atoms with Crippen molar-refractivity contribution in [1.82, 2.24) is 5.32 Å². The third-order valence-corrected chi connectivity index (χ3v) is 2.49. The highest BCUT2D eigenvalue weighted by atomic mass is 16.5. The minimum atomic E-state index is -0.453. The van der Waals surface area contributed by atoms with Crippen LogP contribution in [0.1, 0.15) is 24.9 Å². The SMILES string of the molecule is COC(=O)C[C@H](NC(C)=O)c1ccccc1OC. The Morgan fingerprint density at radius 2 is 1.94 bits per heavy atom. The summed E-state index contributed by atoms with van der Waals surface area (Å²) >= 11 is 0. The van der Waals surface area contributed by atoms with E-state index in [9.17, 15) is 9.59 Å². The van der Waals surface area contributed by atoms with Gasteiger partial charge in [0.1, 0.15) is 5.75 Å². The van der Waals surface area contributed by atoms with Crippen molar-refractivity contribution >= 4 is 11.9 Å². The van der Waals surface area contributed by atoms with E-state index in [2.05, 4.69) is 10.1 Å². The Morgan fingerprint density at radius 1 is 1.28 bits per heavy atom. The van der Waals surface area contributed by atoms with Gasteiger partial charge in [0.25, 0.3) is 0 Å². The van der Waals surface area contributed by atoms with E-state index in [0.717, 1.165) is 5.56 Å². The number of methoxy groups -OCH3 is 2. The lowest BCUT2D eigenvalue weighted by Crippen LogP contribution is -2.28. The van der Waals surface area contributed by atoms with Gasteiger partial charge in [0.2, 0.25) is 5.91 Å². The number of hydrogen-bond acceptors (Lipinski definition) is 4. The fourth-order valence-electron chi connectivity index (χ4n) is 1.69. The van der Waals surface area contributed by atoms with Gasteiger partial charge in [-0.15, -0.1) is 0 Å². The minimum Gasteiger partial charge on any atom is -0.496 e. The highest BCUT2D eigenvalue weighted by molar-refractivity contribution is 5.76. The van der Waals surface area contributed by atoms with Crippen molar-refractivity contribution in [2.75, 3.05) is 14.2 Å². The lowest BCUT2D eigenvalue weighted by Gasteiger charge is -2.19. The normalized spacial score (nSPS) is 11.5. The molecule has 0 aliphatic heterocycles. The van der Waals surface area contributed by atoms with Crippen molar-refractivity contribution < 1.29 is 19.1 Å². The van der Waals surface area contributed by atoms with Gasteiger partial charge in [0, 0.05) is 12.5 Å². The first-order valence-corrected chi connectivity index (χ1v) is 5.55. The van der Waals surface area contributed by atoms with Gasteiger partial charge in [-0.25, -0.2) is 0 Å². The third kappa shape index (κ3) is 3.76. The zero-order valence-corrected chi connectivity index (χ0v) is 10.7. The van der Waals surface area contributed by atoms with E-state index in [-0.39, 0.29) is 18.3 Å². The molecule has 0 saturated carbocycles. The molecule has 0 aliphatic carbocycles. The van der Waals surface area contributed by atoms with Gasteiger partial charge in [-0.2, -0.15) is 0 Å². The summed E-state index contributed by atoms with van der Waals surface area (Å²) in [5.74, 6) is 0.0228. The number of amides is 1. The maximum absolute atomic E-state index is 11.4. The lowest BCUT2D eigenvalue weighted by molar-refractivity contribution is -0.141. The van der Waals surface area contributed by atoms with Crippen LogP contribution in [0.4, 0.5) is 0 Å². The van der Waals surface area contributed by atoms with Crippen molar-refractivity contribution in [3.8, 4) is 5.75 Å². The van der Waals surface area contributed by atoms with Crippen LogP contribution in [0.15, 0.2) is 24.3 Å². The molecule has 1 aromatic rings. The smallest absolute Gasteiger partial charge is 0.307 e. The first-order chi connectivity index (χ1) is 8.58. The Hall–Kier alpha value is -2.04. The molecule has 1 N–H and O–H groups in total. The molecule has 0 unspecified atom stereocenters. The number of carbonyl (C=O) groups excluding carboxylic acids is 2. The molecule has 5 nitrogen and oxygen atoms in total. The van der Waals surface area contributed by atoms with Crippen LogP contribution in [0.3, 0.4) is 0 Å². The van der Waals surface area contributed by atoms with E-state index < -0.39 is 6.04 Å². The largest absolute Gasteiger partial charge is 0.496 e. The topological polar surface area (TPSA) is 64.6 Å². The molecule has 0 heterocycles. The average Bonchev–Trinajstić information content (AvgIpc) is 2.37. The quantitative estimate of drug-likeness (QED) is 0.804. The summed E-state index contributed by atoms with van der Waals surface area (Å²) in [6.07, 6.45) is 0.0659. The molecule has 0 spiro atoms. The second-order valence-electron chi connectivity index (χ2n) is 3.78. The van der Waals surface area contributed by atoms with Crippen molar-refractivity contribution in [1.29, 1.82) is 0 Å². The number of esters is 1. The third-order valence-electron chi connectivity index (χ3n) is 2.49. The van der Waals surface area contributed by atoms with Gasteiger partial charge < -0.3 is 14.8 Å². The monoisotopic (exact) mass is 251 g/mol. The fourth-order valence-corrected chi connectivity index (χ4v) is 1.69. The molecule has 1 rings (SSSR count). The second kappa shape index (κ2) is 6.64. The van der Waals surface area contributed by atoms with Crippen LogP contribution in [-0.4, -0.2) is 26.1 Å². The van der Waals surface area contributed by atoms with Gasteiger partial charge in [-0.3, -0.25) is 9.59 Å². The molecule has 1 aromatic carbocycles. The fraction of sp³-hybridized carbons (Fsp3) is 0.385. The van der Waals surface area contributed by atoms with Crippen LogP contribution in [-0.2, 0) is 14.3 Å². The summed E-state index contributed by atoms with van der Waals surface area (Å²) in [6.45, 7) is 1.40. The van der Waals surface area contributed by atoms with E-state index in [0.29, 0.717) is 5.75 Å². The summed E-state index contributed by atoms with van der Waals surface area (Å²) < 4.78 is 9.85. The number of rotatable bonds is 5. The summed E-state index contributed by atoms with van der Waals surface area (Å²) in [4.78, 5) is 22.6. The summed E-state index contributed by atoms with van der Waals surface area (Å²) in [5.41, 5.74) is 0.751. The van der Waals surface area contributed by atoms with E-state index in [4.69, 9.17) is 4.74 Å². The summed E-state index contributed by atoms with van der Waals surface area (Å²) in [5, 5.41) is 2.72. The van der Waals surface area contributed by atoms with Crippen LogP contribution >= 0.6 is 0 Å². The molecular formula is C13H17NO4. The average molecular weight is 251 g/mol. The van der Waals surface area contributed by atoms with E-state index in [1.54, 1.807) is 13.2 Å². The van der Waals surface area contributed by atoms with E-state index in [1.807, 2.05) is 18.2 Å². The van der Waals surface area contributed by atoms with Gasteiger partial charge in [-0.1, -0.05) is 18.2 Å². The van der Waals surface area contributed by atoms with Crippen molar-refractivity contribution in [3.05, 3.63) is 29.8 Å². The number of hydrogen-bond donors (Lipinski definition) is 1. The molecule has 0 aromatic heterocycles. The first-order valence-electron chi connectivity index (χ1n) is 5.55. The summed E-state index contributed by atoms with van der Waals surface area (Å²) in [7, 11) is 2.86. The molecule has 1 atom stereocenters. The van der Waals surface area contributed by atoms with Crippen LogP contribution in [0.5, 0.6) is 5.75 Å². The van der Waals surface area contributed by atoms with Gasteiger partial charge in [0.15, 0.2) is 0 Å². The standard InChI is InChI=1S/C13H17NO4/c1-9(15)14-11(8-13(16)18-3)10-6-4-5-7-12(10)17-2/h4-7,11H,8H2,1-3H3,(H,14,15)/t11-/m0/s1. The van der Waals surface area contributed by atoms with Crippen LogP contribution in [0.25, 0.3) is 0 Å². The van der Waals surface area contributed by atoms with Crippen LogP contribution < -0.4 is 10.1 Å². The maximum Gasteiger partial charge on any atom is 0.307 e. The minimum absolute atomic E-state index is 0.0659. The first kappa shape index (κ1) is 14.0. The molecule has 98 valence electrons. The van der Waals surface area contributed by atoms with Crippen LogP contribution in [0.2, 0.25) is 0 Å². The highest BCUT2D eigenvalue weighted by Gasteiger charge is 2.20. The zero-order valence-electron chi connectivity index (χ0n) is 10.7. The van der Waals surface area contributed by atoms with E-state index >= 15 is 0 Å². The Labute approximate surface area is 106 Å². The molecule has 0 fully saturated rings. The number of para-hydroxylation sites is 1. The molecule has 0 aliphatic rings. The molecule has 1 amide bonds. The van der Waals surface area contributed by atoms with Gasteiger partial charge in [-0.05, 0) is 6.07 Å². The molecule has 5 heteroatoms. The predicted molar refractivity (Wildman–Crippen MR) is 66.2 cm³/mol. The van der Waals surface area contributed by atoms with Crippen LogP contribution in [0, 0.1) is 0 Å². The Balaban J connectivity index is 3.00. The van der Waals surface area contributed by atoms with Gasteiger partial charge >= 0.3 is 5.97 Å². The maximum atomic E-state index is 11.4. The van der Waals surface area contributed by atoms with Crippen molar-refractivity contribution in [2.24, 2.45) is 0 Å². The highest BCUT2D eigenvalue weighted by Crippen LogP contribution is 2.27. The molecule has 18 heavy (non-hydrogen) atoms. The van der Waals surface area contributed by atoms with Crippen molar-refractivity contribution in [2.45, 2.75) is 19.4 Å². The number of carbonyl (C=O) groups is 2. The molecule has 0 radical (unpaired) electrons. The molecule has 0 bridgehead atoms. The Bertz CT molecular complexity index is 431. The zero-order chi connectivity index (χ0) is 13.5. The lowest BCUT2D eigenvalue weighted by atomic mass is 10.0. The number of benzene rings is 1. The molecular weight excluding hydrogens is 234 g/mol. The Kier molecular flexibility index (Phi) is 5.17. The summed E-state index contributed by atoms with van der Waals surface area (Å²) in [6, 6.07) is 6.78. The second-order valence-corrected chi connectivity index (χ2v) is 3.78. The van der Waals surface area contributed by atoms with E-state index in [1.165, 1.54) is 14.0 Å². The number of nitrogens with one attached hydrogen (secondary N) is 1. The molecule has 0 saturated heterocycles.